The van der Waals surface area contributed by atoms with Gasteiger partial charge in [0.05, 0.1) is 6.54 Å². The number of imide groups is 1. The molecule has 1 atom stereocenters. The summed E-state index contributed by atoms with van der Waals surface area (Å²) in [6, 6.07) is 3.85. The van der Waals surface area contributed by atoms with Crippen LogP contribution in [0, 0.1) is 11.6 Å². The molecule has 3 rings (SSSR count). The fourth-order valence-corrected chi connectivity index (χ4v) is 3.70. The van der Waals surface area contributed by atoms with E-state index >= 15 is 0 Å². The highest BCUT2D eigenvalue weighted by Gasteiger charge is 2.28. The lowest BCUT2D eigenvalue weighted by Gasteiger charge is -2.24. The van der Waals surface area contributed by atoms with Gasteiger partial charge in [-0.2, -0.15) is 0 Å². The van der Waals surface area contributed by atoms with Gasteiger partial charge in [-0.05, 0) is 31.9 Å². The fraction of sp³-hybridized carbons (Fsp3) is 0.550. The maximum absolute atomic E-state index is 14.0. The number of rotatable bonds is 6. The van der Waals surface area contributed by atoms with Crippen molar-refractivity contribution in [3.05, 3.63) is 29.8 Å². The average molecular weight is 407 g/mol. The lowest BCUT2D eigenvalue weighted by atomic mass is 10.1. The van der Waals surface area contributed by atoms with Crippen LogP contribution in [0.3, 0.4) is 0 Å². The Morgan fingerprint density at radius 3 is 2.55 bits per heavy atom. The standard InChI is InChI=1S/C20H27F2N5O2/c1-2-23-20(24-10-12-27-17(28)7-4-8-18(27)29)25-14-9-11-26(13-14)19-15(21)5-3-6-16(19)22/h3,5-6,14H,2,4,7-13H2,1H3,(H2,23,24,25). The van der Waals surface area contributed by atoms with E-state index in [0.717, 1.165) is 0 Å². The summed E-state index contributed by atoms with van der Waals surface area (Å²) in [5, 5.41) is 6.41. The molecule has 0 aromatic heterocycles. The van der Waals surface area contributed by atoms with Crippen LogP contribution < -0.4 is 15.5 Å². The van der Waals surface area contributed by atoms with Crippen LogP contribution in [0.4, 0.5) is 14.5 Å². The van der Waals surface area contributed by atoms with E-state index in [-0.39, 0.29) is 30.1 Å². The van der Waals surface area contributed by atoms with Crippen LogP contribution in [0.5, 0.6) is 0 Å². The Morgan fingerprint density at radius 1 is 1.21 bits per heavy atom. The van der Waals surface area contributed by atoms with Gasteiger partial charge in [0, 0.05) is 45.1 Å². The number of likely N-dealkylation sites (tertiary alicyclic amines) is 1. The minimum atomic E-state index is -0.568. The van der Waals surface area contributed by atoms with Crippen molar-refractivity contribution in [2.75, 3.05) is 37.6 Å². The molecule has 2 N–H and O–H groups in total. The Balaban J connectivity index is 1.57. The van der Waals surface area contributed by atoms with Crippen LogP contribution in [0.15, 0.2) is 23.2 Å². The Labute approximate surface area is 169 Å². The molecule has 0 radical (unpaired) electrons. The van der Waals surface area contributed by atoms with Gasteiger partial charge >= 0.3 is 0 Å². The summed E-state index contributed by atoms with van der Waals surface area (Å²) >= 11 is 0. The fourth-order valence-electron chi connectivity index (χ4n) is 3.70. The van der Waals surface area contributed by atoms with E-state index < -0.39 is 11.6 Å². The minimum Gasteiger partial charge on any atom is -0.365 e. The highest BCUT2D eigenvalue weighted by molar-refractivity contribution is 5.97. The molecule has 2 aliphatic heterocycles. The number of hydrogen-bond donors (Lipinski definition) is 2. The zero-order valence-electron chi connectivity index (χ0n) is 16.6. The normalized spacial score (nSPS) is 20.4. The Hall–Kier alpha value is -2.71. The van der Waals surface area contributed by atoms with Crippen molar-refractivity contribution >= 4 is 23.5 Å². The number of halogens is 2. The lowest BCUT2D eigenvalue weighted by molar-refractivity contribution is -0.147. The molecule has 2 saturated heterocycles. The first-order valence-electron chi connectivity index (χ1n) is 10.1. The van der Waals surface area contributed by atoms with Crippen LogP contribution >= 0.6 is 0 Å². The number of guanidine groups is 1. The average Bonchev–Trinajstić information content (AvgIpc) is 3.12. The van der Waals surface area contributed by atoms with Crippen molar-refractivity contribution in [2.45, 2.75) is 38.6 Å². The lowest BCUT2D eigenvalue weighted by Crippen LogP contribution is -2.45. The second-order valence-electron chi connectivity index (χ2n) is 7.20. The number of carbonyl (C=O) groups is 2. The highest BCUT2D eigenvalue weighted by atomic mass is 19.1. The number of carbonyl (C=O) groups excluding carboxylic acids is 2. The summed E-state index contributed by atoms with van der Waals surface area (Å²) in [6.07, 6.45) is 2.13. The van der Waals surface area contributed by atoms with E-state index in [4.69, 9.17) is 0 Å². The number of aliphatic imine (C=N–C) groups is 1. The number of nitrogens with one attached hydrogen (secondary N) is 2. The quantitative estimate of drug-likeness (QED) is 0.426. The van der Waals surface area contributed by atoms with Gasteiger partial charge < -0.3 is 15.5 Å². The molecular formula is C20H27F2N5O2. The van der Waals surface area contributed by atoms with Crippen molar-refractivity contribution in [1.82, 2.24) is 15.5 Å². The van der Waals surface area contributed by atoms with Crippen LogP contribution in [-0.4, -0.2) is 61.4 Å². The van der Waals surface area contributed by atoms with E-state index in [2.05, 4.69) is 15.6 Å². The van der Waals surface area contributed by atoms with E-state index in [1.165, 1.54) is 23.1 Å². The van der Waals surface area contributed by atoms with Crippen molar-refractivity contribution in [2.24, 2.45) is 4.99 Å². The first-order valence-corrected chi connectivity index (χ1v) is 10.1. The van der Waals surface area contributed by atoms with Crippen molar-refractivity contribution < 1.29 is 18.4 Å². The number of piperidine rings is 1. The predicted molar refractivity (Wildman–Crippen MR) is 107 cm³/mol. The molecule has 2 heterocycles. The maximum atomic E-state index is 14.0. The number of hydrogen-bond acceptors (Lipinski definition) is 4. The van der Waals surface area contributed by atoms with Crippen molar-refractivity contribution in [3.8, 4) is 0 Å². The van der Waals surface area contributed by atoms with Crippen LogP contribution in [-0.2, 0) is 9.59 Å². The van der Waals surface area contributed by atoms with Gasteiger partial charge in [0.15, 0.2) is 5.96 Å². The van der Waals surface area contributed by atoms with Crippen LogP contribution in [0.2, 0.25) is 0 Å². The third-order valence-electron chi connectivity index (χ3n) is 5.10. The number of nitrogens with zero attached hydrogens (tertiary/aromatic N) is 3. The molecular weight excluding hydrogens is 380 g/mol. The zero-order chi connectivity index (χ0) is 20.8. The summed E-state index contributed by atoms with van der Waals surface area (Å²) < 4.78 is 28.0. The molecule has 0 spiro atoms. The van der Waals surface area contributed by atoms with E-state index in [1.807, 2.05) is 6.92 Å². The monoisotopic (exact) mass is 407 g/mol. The molecule has 0 saturated carbocycles. The molecule has 1 unspecified atom stereocenters. The van der Waals surface area contributed by atoms with E-state index in [0.29, 0.717) is 57.8 Å². The summed E-state index contributed by atoms with van der Waals surface area (Å²) in [5.74, 6) is -0.866. The van der Waals surface area contributed by atoms with Gasteiger partial charge in [-0.15, -0.1) is 0 Å². The number of amides is 2. The van der Waals surface area contributed by atoms with Gasteiger partial charge in [-0.1, -0.05) is 6.07 Å². The molecule has 2 fully saturated rings. The molecule has 2 aliphatic rings. The predicted octanol–water partition coefficient (Wildman–Crippen LogP) is 1.64. The Morgan fingerprint density at radius 2 is 1.90 bits per heavy atom. The first-order chi connectivity index (χ1) is 14.0. The number of benzene rings is 1. The molecule has 29 heavy (non-hydrogen) atoms. The molecule has 2 amide bonds. The van der Waals surface area contributed by atoms with E-state index in [9.17, 15) is 18.4 Å². The minimum absolute atomic E-state index is 0.000799. The van der Waals surface area contributed by atoms with Gasteiger partial charge in [0.1, 0.15) is 17.3 Å². The van der Waals surface area contributed by atoms with Crippen molar-refractivity contribution in [3.63, 3.8) is 0 Å². The van der Waals surface area contributed by atoms with E-state index in [1.54, 1.807) is 4.90 Å². The molecule has 7 nitrogen and oxygen atoms in total. The van der Waals surface area contributed by atoms with Gasteiger partial charge in [0.25, 0.3) is 0 Å². The molecule has 1 aromatic carbocycles. The zero-order valence-corrected chi connectivity index (χ0v) is 16.6. The molecule has 158 valence electrons. The highest BCUT2D eigenvalue weighted by Crippen LogP contribution is 2.26. The SMILES string of the molecule is CCNC(=NCCN1C(=O)CCCC1=O)NC1CCN(c2c(F)cccc2F)C1. The molecule has 0 bridgehead atoms. The molecule has 1 aromatic rings. The summed E-state index contributed by atoms with van der Waals surface area (Å²) in [7, 11) is 0. The Kier molecular flexibility index (Phi) is 7.00. The van der Waals surface area contributed by atoms with Crippen LogP contribution in [0.1, 0.15) is 32.6 Å². The van der Waals surface area contributed by atoms with Crippen LogP contribution in [0.25, 0.3) is 0 Å². The Bertz CT molecular complexity index is 750. The summed E-state index contributed by atoms with van der Waals surface area (Å²) in [4.78, 5) is 31.2. The topological polar surface area (TPSA) is 77.0 Å². The van der Waals surface area contributed by atoms with Gasteiger partial charge in [0.2, 0.25) is 11.8 Å². The van der Waals surface area contributed by atoms with Gasteiger partial charge in [-0.3, -0.25) is 19.5 Å². The second-order valence-corrected chi connectivity index (χ2v) is 7.20. The third kappa shape index (κ3) is 5.21. The number of para-hydroxylation sites is 1. The molecule has 9 heteroatoms. The largest absolute Gasteiger partial charge is 0.365 e. The molecule has 0 aliphatic carbocycles. The number of anilines is 1. The first kappa shape index (κ1) is 21.0. The summed E-state index contributed by atoms with van der Waals surface area (Å²) in [6.45, 7) is 4.12. The summed E-state index contributed by atoms with van der Waals surface area (Å²) in [5.41, 5.74) is 0.000799. The maximum Gasteiger partial charge on any atom is 0.229 e. The second kappa shape index (κ2) is 9.67. The third-order valence-corrected chi connectivity index (χ3v) is 5.10. The smallest absolute Gasteiger partial charge is 0.229 e. The van der Waals surface area contributed by atoms with Crippen molar-refractivity contribution in [1.29, 1.82) is 0 Å². The van der Waals surface area contributed by atoms with Gasteiger partial charge in [-0.25, -0.2) is 8.78 Å².